The molecule has 8 heteroatoms. The standard InChI is InChI=1S/C19H20Cl2N2O4/c1-3-25-17-7-5-13(9-18(17)26-4-2)11-22-23-19(24)12-27-16-8-6-14(20)10-15(16)21/h5-11H,3-4,12H2,1-2H3,(H,23,24)/b22-11-. The molecule has 2 aromatic carbocycles. The van der Waals surface area contributed by atoms with E-state index in [0.29, 0.717) is 40.5 Å². The van der Waals surface area contributed by atoms with Crippen molar-refractivity contribution in [3.8, 4) is 17.2 Å². The van der Waals surface area contributed by atoms with E-state index < -0.39 is 5.91 Å². The topological polar surface area (TPSA) is 69.2 Å². The summed E-state index contributed by atoms with van der Waals surface area (Å²) >= 11 is 11.8. The molecule has 0 aliphatic carbocycles. The average Bonchev–Trinajstić information content (AvgIpc) is 2.63. The number of rotatable bonds is 9. The van der Waals surface area contributed by atoms with E-state index in [0.717, 1.165) is 5.56 Å². The van der Waals surface area contributed by atoms with Gasteiger partial charge in [0.05, 0.1) is 24.5 Å². The minimum Gasteiger partial charge on any atom is -0.490 e. The number of hydrazone groups is 1. The number of carbonyl (C=O) groups is 1. The van der Waals surface area contributed by atoms with Gasteiger partial charge in [-0.15, -0.1) is 0 Å². The number of amides is 1. The molecular weight excluding hydrogens is 391 g/mol. The van der Waals surface area contributed by atoms with Crippen molar-refractivity contribution in [1.82, 2.24) is 5.43 Å². The zero-order valence-electron chi connectivity index (χ0n) is 15.0. The first-order chi connectivity index (χ1) is 13.0. The van der Waals surface area contributed by atoms with Crippen molar-refractivity contribution >= 4 is 35.3 Å². The Labute approximate surface area is 168 Å². The highest BCUT2D eigenvalue weighted by molar-refractivity contribution is 6.35. The van der Waals surface area contributed by atoms with Crippen LogP contribution in [0.3, 0.4) is 0 Å². The maximum Gasteiger partial charge on any atom is 0.277 e. The lowest BCUT2D eigenvalue weighted by Crippen LogP contribution is -2.24. The molecule has 0 saturated heterocycles. The Morgan fingerprint density at radius 3 is 2.41 bits per heavy atom. The molecule has 27 heavy (non-hydrogen) atoms. The summed E-state index contributed by atoms with van der Waals surface area (Å²) in [6, 6.07) is 10.2. The summed E-state index contributed by atoms with van der Waals surface area (Å²) in [4.78, 5) is 11.8. The van der Waals surface area contributed by atoms with Crippen LogP contribution in [0.4, 0.5) is 0 Å². The average molecular weight is 411 g/mol. The Morgan fingerprint density at radius 2 is 1.70 bits per heavy atom. The summed E-state index contributed by atoms with van der Waals surface area (Å²) in [6.45, 7) is 4.62. The normalized spacial score (nSPS) is 10.7. The van der Waals surface area contributed by atoms with Gasteiger partial charge in [0.15, 0.2) is 18.1 Å². The van der Waals surface area contributed by atoms with Crippen LogP contribution in [0.25, 0.3) is 0 Å². The Morgan fingerprint density at radius 1 is 1.00 bits per heavy atom. The summed E-state index contributed by atoms with van der Waals surface area (Å²) in [7, 11) is 0. The van der Waals surface area contributed by atoms with E-state index in [-0.39, 0.29) is 6.61 Å². The molecule has 0 heterocycles. The fourth-order valence-electron chi connectivity index (χ4n) is 2.09. The van der Waals surface area contributed by atoms with E-state index in [4.69, 9.17) is 37.4 Å². The Balaban J connectivity index is 1.90. The predicted octanol–water partition coefficient (Wildman–Crippen LogP) is 4.32. The third kappa shape index (κ3) is 6.66. The van der Waals surface area contributed by atoms with E-state index in [1.54, 1.807) is 24.3 Å². The number of halogens is 2. The number of nitrogens with one attached hydrogen (secondary N) is 1. The zero-order valence-corrected chi connectivity index (χ0v) is 16.5. The lowest BCUT2D eigenvalue weighted by Gasteiger charge is -2.11. The summed E-state index contributed by atoms with van der Waals surface area (Å²) in [5.74, 6) is 1.23. The molecular formula is C19H20Cl2N2O4. The minimum atomic E-state index is -0.423. The fourth-order valence-corrected chi connectivity index (χ4v) is 2.56. The Bertz CT molecular complexity index is 812. The number of hydrogen-bond donors (Lipinski definition) is 1. The second-order valence-corrected chi connectivity index (χ2v) is 6.07. The van der Waals surface area contributed by atoms with Gasteiger partial charge >= 0.3 is 0 Å². The summed E-state index contributed by atoms with van der Waals surface area (Å²) in [5, 5.41) is 4.73. The fraction of sp³-hybridized carbons (Fsp3) is 0.263. The van der Waals surface area contributed by atoms with Crippen molar-refractivity contribution in [3.05, 3.63) is 52.0 Å². The van der Waals surface area contributed by atoms with Crippen LogP contribution >= 0.6 is 23.2 Å². The quantitative estimate of drug-likeness (QED) is 0.493. The molecule has 0 bridgehead atoms. The molecule has 2 rings (SSSR count). The first-order valence-electron chi connectivity index (χ1n) is 8.32. The molecule has 6 nitrogen and oxygen atoms in total. The lowest BCUT2D eigenvalue weighted by atomic mass is 10.2. The van der Waals surface area contributed by atoms with Crippen molar-refractivity contribution in [2.75, 3.05) is 19.8 Å². The van der Waals surface area contributed by atoms with E-state index >= 15 is 0 Å². The molecule has 0 aliphatic rings. The molecule has 1 amide bonds. The van der Waals surface area contributed by atoms with Crippen LogP contribution in [-0.2, 0) is 4.79 Å². The largest absolute Gasteiger partial charge is 0.490 e. The van der Waals surface area contributed by atoms with E-state index in [1.165, 1.54) is 12.3 Å². The minimum absolute atomic E-state index is 0.230. The van der Waals surface area contributed by atoms with Crippen LogP contribution in [0, 0.1) is 0 Å². The van der Waals surface area contributed by atoms with Crippen LogP contribution in [-0.4, -0.2) is 31.9 Å². The number of nitrogens with zero attached hydrogens (tertiary/aromatic N) is 1. The third-order valence-corrected chi connectivity index (χ3v) is 3.75. The molecule has 0 unspecified atom stereocenters. The van der Waals surface area contributed by atoms with E-state index in [2.05, 4.69) is 10.5 Å². The molecule has 1 N–H and O–H groups in total. The predicted molar refractivity (Wildman–Crippen MR) is 106 cm³/mol. The Kier molecular flexibility index (Phi) is 8.23. The van der Waals surface area contributed by atoms with Crippen molar-refractivity contribution in [2.45, 2.75) is 13.8 Å². The highest BCUT2D eigenvalue weighted by atomic mass is 35.5. The van der Waals surface area contributed by atoms with Crippen LogP contribution in [0.1, 0.15) is 19.4 Å². The zero-order chi connectivity index (χ0) is 19.6. The van der Waals surface area contributed by atoms with Gasteiger partial charge in [-0.25, -0.2) is 5.43 Å². The second-order valence-electron chi connectivity index (χ2n) is 5.23. The molecule has 0 radical (unpaired) electrons. The molecule has 0 atom stereocenters. The van der Waals surface area contributed by atoms with E-state index in [9.17, 15) is 4.79 Å². The van der Waals surface area contributed by atoms with Gasteiger partial charge in [0.25, 0.3) is 5.91 Å². The van der Waals surface area contributed by atoms with Gasteiger partial charge < -0.3 is 14.2 Å². The monoisotopic (exact) mass is 410 g/mol. The lowest BCUT2D eigenvalue weighted by molar-refractivity contribution is -0.123. The molecule has 2 aromatic rings. The molecule has 0 spiro atoms. The number of benzene rings is 2. The van der Waals surface area contributed by atoms with Crippen molar-refractivity contribution in [2.24, 2.45) is 5.10 Å². The summed E-state index contributed by atoms with van der Waals surface area (Å²) in [6.07, 6.45) is 1.51. The number of ether oxygens (including phenoxy) is 3. The summed E-state index contributed by atoms with van der Waals surface area (Å²) in [5.41, 5.74) is 3.14. The SMILES string of the molecule is CCOc1ccc(/C=N\NC(=O)COc2ccc(Cl)cc2Cl)cc1OCC. The highest BCUT2D eigenvalue weighted by Crippen LogP contribution is 2.28. The van der Waals surface area contributed by atoms with Gasteiger partial charge in [-0.3, -0.25) is 4.79 Å². The van der Waals surface area contributed by atoms with Crippen molar-refractivity contribution in [1.29, 1.82) is 0 Å². The molecule has 0 fully saturated rings. The number of carbonyl (C=O) groups excluding carboxylic acids is 1. The van der Waals surface area contributed by atoms with Gasteiger partial charge in [0.1, 0.15) is 5.75 Å². The second kappa shape index (κ2) is 10.6. The van der Waals surface area contributed by atoms with Gasteiger partial charge in [0.2, 0.25) is 0 Å². The molecule has 144 valence electrons. The first kappa shape index (κ1) is 20.9. The molecule has 0 aromatic heterocycles. The van der Waals surface area contributed by atoms with E-state index in [1.807, 2.05) is 19.9 Å². The molecule has 0 saturated carbocycles. The van der Waals surface area contributed by atoms with Gasteiger partial charge in [-0.05, 0) is 55.8 Å². The maximum atomic E-state index is 11.8. The maximum absolute atomic E-state index is 11.8. The third-order valence-electron chi connectivity index (χ3n) is 3.22. The van der Waals surface area contributed by atoms with Crippen LogP contribution in [0.2, 0.25) is 10.0 Å². The van der Waals surface area contributed by atoms with Gasteiger partial charge in [-0.2, -0.15) is 5.10 Å². The van der Waals surface area contributed by atoms with Gasteiger partial charge in [0, 0.05) is 5.02 Å². The smallest absolute Gasteiger partial charge is 0.277 e. The van der Waals surface area contributed by atoms with Crippen LogP contribution < -0.4 is 19.6 Å². The number of hydrogen-bond acceptors (Lipinski definition) is 5. The molecule has 0 aliphatic heterocycles. The highest BCUT2D eigenvalue weighted by Gasteiger charge is 2.07. The van der Waals surface area contributed by atoms with Crippen LogP contribution in [0.15, 0.2) is 41.5 Å². The summed E-state index contributed by atoms with van der Waals surface area (Å²) < 4.78 is 16.4. The van der Waals surface area contributed by atoms with Crippen molar-refractivity contribution < 1.29 is 19.0 Å². The first-order valence-corrected chi connectivity index (χ1v) is 9.08. The van der Waals surface area contributed by atoms with Crippen molar-refractivity contribution in [3.63, 3.8) is 0 Å². The Hall–Kier alpha value is -2.44. The van der Waals surface area contributed by atoms with Gasteiger partial charge in [-0.1, -0.05) is 23.2 Å². The van der Waals surface area contributed by atoms with Crippen LogP contribution in [0.5, 0.6) is 17.2 Å².